The number of benzene rings is 4. The minimum atomic E-state index is 0.222. The Morgan fingerprint density at radius 1 is 0.639 bits per heavy atom. The van der Waals surface area contributed by atoms with Crippen LogP contribution in [-0.2, 0) is 0 Å². The van der Waals surface area contributed by atoms with Gasteiger partial charge in [-0.05, 0) is 35.4 Å². The van der Waals surface area contributed by atoms with Crippen molar-refractivity contribution in [2.75, 3.05) is 10.6 Å². The molecular formula is C32H21N3O. The molecule has 0 spiro atoms. The van der Waals surface area contributed by atoms with Crippen molar-refractivity contribution < 1.29 is 4.42 Å². The van der Waals surface area contributed by atoms with Crippen LogP contribution in [0.4, 0.5) is 11.5 Å². The van der Waals surface area contributed by atoms with Crippen molar-refractivity contribution >= 4 is 60.6 Å². The fourth-order valence-electron chi connectivity index (χ4n) is 6.39. The molecular weight excluding hydrogens is 442 g/mol. The predicted octanol–water partition coefficient (Wildman–Crippen LogP) is 7.95. The zero-order valence-electron chi connectivity index (χ0n) is 19.3. The number of nitrogens with one attached hydrogen (secondary N) is 2. The summed E-state index contributed by atoms with van der Waals surface area (Å²) >= 11 is 0. The van der Waals surface area contributed by atoms with E-state index in [1.165, 1.54) is 43.7 Å². The van der Waals surface area contributed by atoms with E-state index in [9.17, 15) is 0 Å². The third-order valence-corrected chi connectivity index (χ3v) is 7.96. The number of nitrogens with zero attached hydrogens (tertiary/aromatic N) is 1. The molecule has 1 aliphatic heterocycles. The normalized spacial score (nSPS) is 18.8. The number of fused-ring (bicyclic) bond motifs is 11. The van der Waals surface area contributed by atoms with Crippen molar-refractivity contribution in [3.63, 3.8) is 0 Å². The maximum Gasteiger partial charge on any atom is 0.136 e. The lowest BCUT2D eigenvalue weighted by molar-refractivity contribution is 0.670. The Kier molecular flexibility index (Phi) is 3.36. The van der Waals surface area contributed by atoms with E-state index in [2.05, 4.69) is 118 Å². The van der Waals surface area contributed by atoms with Gasteiger partial charge in [0.1, 0.15) is 17.0 Å². The first kappa shape index (κ1) is 18.6. The van der Waals surface area contributed by atoms with Crippen LogP contribution >= 0.6 is 0 Å². The molecule has 2 unspecified atom stereocenters. The molecule has 4 aromatic carbocycles. The molecule has 9 rings (SSSR count). The summed E-state index contributed by atoms with van der Waals surface area (Å²) in [5.74, 6) is 1.13. The van der Waals surface area contributed by atoms with Gasteiger partial charge in [-0.3, -0.25) is 4.40 Å². The van der Waals surface area contributed by atoms with Gasteiger partial charge in [0, 0.05) is 26.9 Å². The van der Waals surface area contributed by atoms with Crippen LogP contribution in [0.25, 0.3) is 60.3 Å². The van der Waals surface area contributed by atoms with Gasteiger partial charge in [0.15, 0.2) is 0 Å². The van der Waals surface area contributed by atoms with Crippen molar-refractivity contribution in [3.05, 3.63) is 103 Å². The summed E-state index contributed by atoms with van der Waals surface area (Å²) in [5, 5.41) is 13.7. The highest BCUT2D eigenvalue weighted by atomic mass is 16.3. The van der Waals surface area contributed by atoms with Crippen molar-refractivity contribution in [2.24, 2.45) is 0 Å². The van der Waals surface area contributed by atoms with Gasteiger partial charge in [0.2, 0.25) is 0 Å². The number of hydrogen-bond acceptors (Lipinski definition) is 3. The number of aromatic nitrogens is 1. The smallest absolute Gasteiger partial charge is 0.136 e. The summed E-state index contributed by atoms with van der Waals surface area (Å²) < 4.78 is 8.99. The fourth-order valence-corrected chi connectivity index (χ4v) is 6.39. The topological polar surface area (TPSA) is 41.6 Å². The summed E-state index contributed by atoms with van der Waals surface area (Å²) in [6.07, 6.45) is 8.70. The monoisotopic (exact) mass is 463 g/mol. The maximum atomic E-state index is 6.59. The highest BCUT2D eigenvalue weighted by Gasteiger charge is 2.32. The van der Waals surface area contributed by atoms with Crippen LogP contribution in [0, 0.1) is 0 Å². The van der Waals surface area contributed by atoms with E-state index in [0.29, 0.717) is 0 Å². The standard InChI is InChI=1S/C32H21N3O/c1-2-8-18(9-3-1)19-14-15-21-26(16-19)36-27-17-22-30-32(34-24-12-6-5-11-23(24)33-30)35-25-13-7-4-10-20(25)29(28(21)27)31(22)35/h1-17,23-24,33-34H. The largest absolute Gasteiger partial charge is 0.456 e. The lowest BCUT2D eigenvalue weighted by atomic mass is 9.98. The molecule has 2 aliphatic rings. The molecule has 0 saturated carbocycles. The Hall–Kier alpha value is -4.70. The minimum Gasteiger partial charge on any atom is -0.456 e. The summed E-state index contributed by atoms with van der Waals surface area (Å²) in [6, 6.07) is 28.5. The van der Waals surface area contributed by atoms with E-state index in [4.69, 9.17) is 4.42 Å². The Morgan fingerprint density at radius 2 is 1.44 bits per heavy atom. The van der Waals surface area contributed by atoms with E-state index in [1.807, 2.05) is 0 Å². The third-order valence-electron chi connectivity index (χ3n) is 7.96. The van der Waals surface area contributed by atoms with E-state index in [-0.39, 0.29) is 12.1 Å². The number of rotatable bonds is 1. The van der Waals surface area contributed by atoms with Crippen LogP contribution < -0.4 is 10.6 Å². The van der Waals surface area contributed by atoms with Gasteiger partial charge in [0.05, 0.1) is 28.8 Å². The highest BCUT2D eigenvalue weighted by molar-refractivity contribution is 6.33. The molecule has 2 atom stereocenters. The lowest BCUT2D eigenvalue weighted by Crippen LogP contribution is -2.41. The van der Waals surface area contributed by atoms with E-state index < -0.39 is 0 Å². The maximum absolute atomic E-state index is 6.59. The Balaban J connectivity index is 1.41. The van der Waals surface area contributed by atoms with Gasteiger partial charge in [-0.15, -0.1) is 0 Å². The molecule has 4 heteroatoms. The zero-order chi connectivity index (χ0) is 23.4. The SMILES string of the molecule is C1=CC2Nc3c(n4c5ccccc5c5c6c(cc3c54)oc3cc(-c4ccccc4)ccc36)NC2C=C1. The average Bonchev–Trinajstić information content (AvgIpc) is 3.57. The number of furan rings is 1. The van der Waals surface area contributed by atoms with Crippen molar-refractivity contribution in [1.82, 2.24) is 4.40 Å². The predicted molar refractivity (Wildman–Crippen MR) is 149 cm³/mol. The number of allylic oxidation sites excluding steroid dienone is 2. The van der Waals surface area contributed by atoms with Crippen LogP contribution in [0.3, 0.4) is 0 Å². The fraction of sp³-hybridized carbons (Fsp3) is 0.0625. The quantitative estimate of drug-likeness (QED) is 0.260. The molecule has 0 radical (unpaired) electrons. The third kappa shape index (κ3) is 2.24. The Bertz CT molecular complexity index is 2060. The molecule has 7 aromatic rings. The molecule has 4 heterocycles. The van der Waals surface area contributed by atoms with E-state index in [1.54, 1.807) is 0 Å². The van der Waals surface area contributed by atoms with Gasteiger partial charge in [-0.1, -0.05) is 78.9 Å². The average molecular weight is 464 g/mol. The molecule has 2 N–H and O–H groups in total. The number of hydrogen-bond donors (Lipinski definition) is 2. The first-order valence-electron chi connectivity index (χ1n) is 12.5. The molecule has 3 aromatic heterocycles. The highest BCUT2D eigenvalue weighted by Crippen LogP contribution is 2.50. The van der Waals surface area contributed by atoms with Crippen molar-refractivity contribution in [2.45, 2.75) is 12.1 Å². The van der Waals surface area contributed by atoms with Crippen LogP contribution in [0.1, 0.15) is 0 Å². The Labute approximate surface area is 206 Å². The molecule has 0 fully saturated rings. The van der Waals surface area contributed by atoms with E-state index >= 15 is 0 Å². The lowest BCUT2D eigenvalue weighted by Gasteiger charge is -2.33. The summed E-state index contributed by atoms with van der Waals surface area (Å²) in [5.41, 5.74) is 7.82. The summed E-state index contributed by atoms with van der Waals surface area (Å²) in [6.45, 7) is 0. The van der Waals surface area contributed by atoms with Gasteiger partial charge in [-0.2, -0.15) is 0 Å². The molecule has 0 saturated heterocycles. The minimum absolute atomic E-state index is 0.222. The van der Waals surface area contributed by atoms with Crippen LogP contribution in [0.15, 0.2) is 108 Å². The Morgan fingerprint density at radius 3 is 2.33 bits per heavy atom. The van der Waals surface area contributed by atoms with Gasteiger partial charge in [-0.25, -0.2) is 0 Å². The van der Waals surface area contributed by atoms with Gasteiger partial charge < -0.3 is 15.1 Å². The van der Waals surface area contributed by atoms with Gasteiger partial charge >= 0.3 is 0 Å². The molecule has 0 amide bonds. The van der Waals surface area contributed by atoms with Crippen LogP contribution in [0.2, 0.25) is 0 Å². The first-order valence-corrected chi connectivity index (χ1v) is 12.5. The van der Waals surface area contributed by atoms with Crippen molar-refractivity contribution in [3.8, 4) is 11.1 Å². The molecule has 0 bridgehead atoms. The first-order chi connectivity index (χ1) is 17.8. The second kappa shape index (κ2) is 6.49. The molecule has 170 valence electrons. The molecule has 1 aliphatic carbocycles. The van der Waals surface area contributed by atoms with Gasteiger partial charge in [0.25, 0.3) is 0 Å². The zero-order valence-corrected chi connectivity index (χ0v) is 19.3. The van der Waals surface area contributed by atoms with Crippen molar-refractivity contribution in [1.29, 1.82) is 0 Å². The molecule has 4 nitrogen and oxygen atoms in total. The van der Waals surface area contributed by atoms with Crippen LogP contribution in [-0.4, -0.2) is 16.5 Å². The second-order valence-corrected chi connectivity index (χ2v) is 9.89. The molecule has 36 heavy (non-hydrogen) atoms. The number of para-hydroxylation sites is 1. The summed E-state index contributed by atoms with van der Waals surface area (Å²) in [4.78, 5) is 0. The van der Waals surface area contributed by atoms with Crippen LogP contribution in [0.5, 0.6) is 0 Å². The van der Waals surface area contributed by atoms with E-state index in [0.717, 1.165) is 28.1 Å². The summed E-state index contributed by atoms with van der Waals surface area (Å²) in [7, 11) is 0. The second-order valence-electron chi connectivity index (χ2n) is 9.89. The number of anilines is 2.